The van der Waals surface area contributed by atoms with Gasteiger partial charge in [-0.1, -0.05) is 17.4 Å². The molecule has 0 N–H and O–H groups in total. The van der Waals surface area contributed by atoms with Crippen molar-refractivity contribution in [1.29, 1.82) is 0 Å². The number of benzene rings is 2. The Morgan fingerprint density at radius 2 is 2.00 bits per heavy atom. The van der Waals surface area contributed by atoms with Crippen LogP contribution in [0.5, 0.6) is 0 Å². The summed E-state index contributed by atoms with van der Waals surface area (Å²) >= 11 is 2.94. The van der Waals surface area contributed by atoms with Crippen LogP contribution in [0.2, 0.25) is 0 Å². The van der Waals surface area contributed by atoms with E-state index < -0.39 is 5.97 Å². The number of aromatic nitrogens is 1. The second-order valence-corrected chi connectivity index (χ2v) is 7.94. The molecule has 8 heteroatoms. The summed E-state index contributed by atoms with van der Waals surface area (Å²) in [7, 11) is 1.35. The first-order valence-corrected chi connectivity index (χ1v) is 11.1. The number of carbonyl (C=O) groups excluding carboxylic acids is 2. The number of rotatable bonds is 7. The predicted octanol–water partition coefficient (Wildman–Crippen LogP) is 3.99. The first-order valence-electron chi connectivity index (χ1n) is 9.10. The van der Waals surface area contributed by atoms with E-state index in [9.17, 15) is 9.59 Å². The van der Waals surface area contributed by atoms with Crippen LogP contribution in [0.1, 0.15) is 27.6 Å². The fourth-order valence-corrected chi connectivity index (χ4v) is 4.38. The van der Waals surface area contributed by atoms with Crippen LogP contribution in [0.15, 0.2) is 52.4 Å². The SMILES string of the molecule is CCOCCn1c(=NC(=O)c2cccc(SC)c2)sc2cc(C(=O)OC)ccc21. The van der Waals surface area contributed by atoms with Crippen molar-refractivity contribution in [3.05, 3.63) is 58.4 Å². The van der Waals surface area contributed by atoms with Gasteiger partial charge in [0.1, 0.15) is 0 Å². The maximum atomic E-state index is 12.8. The molecule has 6 nitrogen and oxygen atoms in total. The minimum Gasteiger partial charge on any atom is -0.465 e. The number of hydrogen-bond donors (Lipinski definition) is 0. The van der Waals surface area contributed by atoms with Gasteiger partial charge in [0.25, 0.3) is 5.91 Å². The van der Waals surface area contributed by atoms with E-state index in [1.165, 1.54) is 18.4 Å². The summed E-state index contributed by atoms with van der Waals surface area (Å²) in [6.07, 6.45) is 1.97. The molecule has 0 bridgehead atoms. The van der Waals surface area contributed by atoms with E-state index >= 15 is 0 Å². The van der Waals surface area contributed by atoms with Crippen molar-refractivity contribution < 1.29 is 19.1 Å². The number of nitrogens with zero attached hydrogens (tertiary/aromatic N) is 2. The summed E-state index contributed by atoms with van der Waals surface area (Å²) in [5.41, 5.74) is 1.90. The van der Waals surface area contributed by atoms with E-state index in [4.69, 9.17) is 9.47 Å². The lowest BCUT2D eigenvalue weighted by molar-refractivity contribution is 0.0600. The molecule has 0 saturated carbocycles. The Morgan fingerprint density at radius 1 is 1.17 bits per heavy atom. The minimum absolute atomic E-state index is 0.300. The number of hydrogen-bond acceptors (Lipinski definition) is 6. The number of thiazole rings is 1. The van der Waals surface area contributed by atoms with Gasteiger partial charge < -0.3 is 14.0 Å². The van der Waals surface area contributed by atoms with Gasteiger partial charge in [-0.25, -0.2) is 4.79 Å². The molecule has 0 aliphatic heterocycles. The van der Waals surface area contributed by atoms with Crippen molar-refractivity contribution in [3.63, 3.8) is 0 Å². The Balaban J connectivity index is 2.07. The molecule has 0 atom stereocenters. The molecule has 0 spiro atoms. The van der Waals surface area contributed by atoms with E-state index in [1.54, 1.807) is 30.0 Å². The molecule has 1 amide bonds. The molecule has 0 fully saturated rings. The number of thioether (sulfide) groups is 1. The van der Waals surface area contributed by atoms with Crippen molar-refractivity contribution in [2.45, 2.75) is 18.4 Å². The highest BCUT2D eigenvalue weighted by molar-refractivity contribution is 7.98. The summed E-state index contributed by atoms with van der Waals surface area (Å²) in [6.45, 7) is 3.61. The van der Waals surface area contributed by atoms with Crippen LogP contribution in [0.25, 0.3) is 10.2 Å². The van der Waals surface area contributed by atoms with Crippen LogP contribution in [0, 0.1) is 0 Å². The standard InChI is InChI=1S/C21H22N2O4S2/c1-4-27-11-10-23-17-9-8-15(20(25)26-2)13-18(17)29-21(23)22-19(24)14-6-5-7-16(12-14)28-3/h5-9,12-13H,4,10-11H2,1-3H3. The monoisotopic (exact) mass is 430 g/mol. The third kappa shape index (κ3) is 4.95. The van der Waals surface area contributed by atoms with E-state index in [-0.39, 0.29) is 5.91 Å². The van der Waals surface area contributed by atoms with Gasteiger partial charge in [0.2, 0.25) is 0 Å². The lowest BCUT2D eigenvalue weighted by Crippen LogP contribution is -2.19. The van der Waals surface area contributed by atoms with Gasteiger partial charge in [-0.05, 0) is 49.6 Å². The molecule has 2 aromatic carbocycles. The van der Waals surface area contributed by atoms with Gasteiger partial charge in [-0.15, -0.1) is 11.8 Å². The summed E-state index contributed by atoms with van der Waals surface area (Å²) in [5.74, 6) is -0.699. The average molecular weight is 431 g/mol. The number of ether oxygens (including phenoxy) is 2. The third-order valence-electron chi connectivity index (χ3n) is 4.28. The zero-order valence-corrected chi connectivity index (χ0v) is 18.1. The number of carbonyl (C=O) groups is 2. The smallest absolute Gasteiger partial charge is 0.337 e. The normalized spacial score (nSPS) is 11.8. The number of fused-ring (bicyclic) bond motifs is 1. The van der Waals surface area contributed by atoms with Crippen LogP contribution in [0.4, 0.5) is 0 Å². The molecule has 1 aromatic heterocycles. The van der Waals surface area contributed by atoms with Gasteiger partial charge in [0.05, 0.1) is 29.5 Å². The number of esters is 1. The van der Waals surface area contributed by atoms with E-state index in [2.05, 4.69) is 4.99 Å². The Morgan fingerprint density at radius 3 is 2.72 bits per heavy atom. The highest BCUT2D eigenvalue weighted by Crippen LogP contribution is 2.21. The molecule has 29 heavy (non-hydrogen) atoms. The zero-order chi connectivity index (χ0) is 20.8. The topological polar surface area (TPSA) is 69.9 Å². The lowest BCUT2D eigenvalue weighted by Gasteiger charge is -2.06. The Kier molecular flexibility index (Phi) is 7.24. The highest BCUT2D eigenvalue weighted by Gasteiger charge is 2.13. The molecule has 0 radical (unpaired) electrons. The molecule has 3 aromatic rings. The summed E-state index contributed by atoms with van der Waals surface area (Å²) in [4.78, 5) is 30.6. The summed E-state index contributed by atoms with van der Waals surface area (Å²) < 4.78 is 13.1. The second-order valence-electron chi connectivity index (χ2n) is 6.06. The molecule has 0 aliphatic rings. The Labute approximate surface area is 177 Å². The molecule has 3 rings (SSSR count). The zero-order valence-electron chi connectivity index (χ0n) is 16.5. The maximum absolute atomic E-state index is 12.8. The van der Waals surface area contributed by atoms with E-state index in [0.29, 0.717) is 35.7 Å². The van der Waals surface area contributed by atoms with Crippen LogP contribution in [-0.4, -0.2) is 43.0 Å². The van der Waals surface area contributed by atoms with Crippen LogP contribution in [-0.2, 0) is 16.0 Å². The van der Waals surface area contributed by atoms with Crippen molar-refractivity contribution >= 4 is 45.2 Å². The number of methoxy groups -OCH3 is 1. The minimum atomic E-state index is -0.399. The largest absolute Gasteiger partial charge is 0.465 e. The summed E-state index contributed by atoms with van der Waals surface area (Å²) in [5, 5.41) is 0. The summed E-state index contributed by atoms with van der Waals surface area (Å²) in [6, 6.07) is 12.7. The molecular formula is C21H22N2O4S2. The fourth-order valence-electron chi connectivity index (χ4n) is 2.83. The molecule has 0 unspecified atom stereocenters. The van der Waals surface area contributed by atoms with Gasteiger partial charge in [-0.3, -0.25) is 4.79 Å². The quantitative estimate of drug-likeness (QED) is 0.322. The van der Waals surface area contributed by atoms with Crippen LogP contribution < -0.4 is 4.80 Å². The van der Waals surface area contributed by atoms with Gasteiger partial charge >= 0.3 is 5.97 Å². The van der Waals surface area contributed by atoms with Crippen molar-refractivity contribution in [3.8, 4) is 0 Å². The first kappa shape index (κ1) is 21.3. The van der Waals surface area contributed by atoms with E-state index in [1.807, 2.05) is 42.0 Å². The van der Waals surface area contributed by atoms with Crippen molar-refractivity contribution in [2.75, 3.05) is 26.6 Å². The highest BCUT2D eigenvalue weighted by atomic mass is 32.2. The predicted molar refractivity (Wildman–Crippen MR) is 116 cm³/mol. The second kappa shape index (κ2) is 9.87. The molecule has 0 saturated heterocycles. The van der Waals surface area contributed by atoms with Crippen LogP contribution >= 0.6 is 23.1 Å². The fraction of sp³-hybridized carbons (Fsp3) is 0.286. The van der Waals surface area contributed by atoms with Crippen LogP contribution in [0.3, 0.4) is 0 Å². The molecular weight excluding hydrogens is 408 g/mol. The van der Waals surface area contributed by atoms with Gasteiger partial charge in [0.15, 0.2) is 4.80 Å². The first-order chi connectivity index (χ1) is 14.1. The maximum Gasteiger partial charge on any atom is 0.337 e. The van der Waals surface area contributed by atoms with Gasteiger partial charge in [-0.2, -0.15) is 4.99 Å². The lowest BCUT2D eigenvalue weighted by atomic mass is 10.2. The molecule has 0 aliphatic carbocycles. The Bertz CT molecular complexity index is 1100. The Hall–Kier alpha value is -2.42. The molecule has 152 valence electrons. The molecule has 1 heterocycles. The number of amides is 1. The average Bonchev–Trinajstić information content (AvgIpc) is 3.09. The van der Waals surface area contributed by atoms with Gasteiger partial charge in [0, 0.05) is 23.6 Å². The van der Waals surface area contributed by atoms with Crippen molar-refractivity contribution in [1.82, 2.24) is 4.57 Å². The van der Waals surface area contributed by atoms with Crippen molar-refractivity contribution in [2.24, 2.45) is 4.99 Å². The third-order valence-corrected chi connectivity index (χ3v) is 6.05. The van der Waals surface area contributed by atoms with E-state index in [0.717, 1.165) is 15.1 Å².